The molecule has 3 nitrogen and oxygen atoms in total. The highest BCUT2D eigenvalue weighted by atomic mass is 32.2. The van der Waals surface area contributed by atoms with Gasteiger partial charge in [0.2, 0.25) is 0 Å². The number of thiocarbonyl (C=S) groups is 1. The van der Waals surface area contributed by atoms with Crippen LogP contribution in [0.1, 0.15) is 12.0 Å². The van der Waals surface area contributed by atoms with Crippen molar-refractivity contribution in [1.29, 1.82) is 0 Å². The Morgan fingerprint density at radius 3 is 2.76 bits per heavy atom. The standard InChI is InChI=1S/C15H14BNO2S2/c1-17-14(18)13(21-15(17)20)8-11-6-7-12(19-11)9-2-4-10(16)5-3-9/h2-5,7-8,11H,6,16H2,1H3/b13-8+. The SMILES string of the molecule is Bc1ccc(C2=CCC(/C=C3/SC(=S)N(C)C3=O)O2)cc1. The van der Waals surface area contributed by atoms with Gasteiger partial charge in [-0.25, -0.2) is 0 Å². The first-order valence-electron chi connectivity index (χ1n) is 6.70. The Kier molecular flexibility index (Phi) is 3.91. The van der Waals surface area contributed by atoms with Crippen LogP contribution < -0.4 is 5.46 Å². The molecule has 1 atom stereocenters. The summed E-state index contributed by atoms with van der Waals surface area (Å²) in [7, 11) is 3.76. The fraction of sp³-hybridized carbons (Fsp3) is 0.200. The molecule has 2 aliphatic heterocycles. The number of hydrogen-bond donors (Lipinski definition) is 0. The predicted molar refractivity (Wildman–Crippen MR) is 93.1 cm³/mol. The van der Waals surface area contributed by atoms with E-state index in [-0.39, 0.29) is 12.0 Å². The number of ether oxygens (including phenoxy) is 1. The average molecular weight is 315 g/mol. The van der Waals surface area contributed by atoms with Crippen LogP contribution in [0, 0.1) is 0 Å². The first-order chi connectivity index (χ1) is 10.0. The van der Waals surface area contributed by atoms with E-state index in [1.165, 1.54) is 22.1 Å². The van der Waals surface area contributed by atoms with Crippen molar-refractivity contribution in [3.63, 3.8) is 0 Å². The number of amides is 1. The van der Waals surface area contributed by atoms with Crippen molar-refractivity contribution in [3.8, 4) is 0 Å². The average Bonchev–Trinajstić information content (AvgIpc) is 3.02. The predicted octanol–water partition coefficient (Wildman–Crippen LogP) is 1.45. The maximum Gasteiger partial charge on any atom is 0.265 e. The third kappa shape index (κ3) is 2.92. The van der Waals surface area contributed by atoms with Crippen LogP contribution in [0.2, 0.25) is 0 Å². The van der Waals surface area contributed by atoms with Crippen LogP contribution in [-0.2, 0) is 9.53 Å². The van der Waals surface area contributed by atoms with Gasteiger partial charge in [0.05, 0.1) is 4.91 Å². The van der Waals surface area contributed by atoms with Crippen molar-refractivity contribution in [2.45, 2.75) is 12.5 Å². The Bertz CT molecular complexity index is 667. The first kappa shape index (κ1) is 14.4. The topological polar surface area (TPSA) is 29.5 Å². The largest absolute Gasteiger partial charge is 0.486 e. The molecule has 21 heavy (non-hydrogen) atoms. The van der Waals surface area contributed by atoms with Crippen molar-refractivity contribution in [2.24, 2.45) is 0 Å². The van der Waals surface area contributed by atoms with Crippen molar-refractivity contribution in [1.82, 2.24) is 4.90 Å². The Morgan fingerprint density at radius 1 is 1.43 bits per heavy atom. The van der Waals surface area contributed by atoms with E-state index < -0.39 is 0 Å². The van der Waals surface area contributed by atoms with Crippen LogP contribution >= 0.6 is 24.0 Å². The number of carbonyl (C=O) groups is 1. The quantitative estimate of drug-likeness (QED) is 0.469. The van der Waals surface area contributed by atoms with Crippen LogP contribution in [0.25, 0.3) is 5.76 Å². The van der Waals surface area contributed by atoms with E-state index in [1.54, 1.807) is 7.05 Å². The lowest BCUT2D eigenvalue weighted by molar-refractivity contribution is -0.121. The molecular weight excluding hydrogens is 301 g/mol. The van der Waals surface area contributed by atoms with Gasteiger partial charge in [-0.1, -0.05) is 53.7 Å². The summed E-state index contributed by atoms with van der Waals surface area (Å²) in [6.07, 6.45) is 4.62. The van der Waals surface area contributed by atoms with Gasteiger partial charge < -0.3 is 4.74 Å². The van der Waals surface area contributed by atoms with Gasteiger partial charge in [-0.2, -0.15) is 0 Å². The summed E-state index contributed by atoms with van der Waals surface area (Å²) in [4.78, 5) is 14.1. The maximum atomic E-state index is 12.0. The Labute approximate surface area is 134 Å². The summed E-state index contributed by atoms with van der Waals surface area (Å²) in [6, 6.07) is 8.23. The van der Waals surface area contributed by atoms with Crippen LogP contribution in [0.5, 0.6) is 0 Å². The van der Waals surface area contributed by atoms with Crippen LogP contribution in [0.4, 0.5) is 0 Å². The molecule has 2 aliphatic rings. The van der Waals surface area contributed by atoms with Crippen molar-refractivity contribution in [3.05, 3.63) is 46.9 Å². The fourth-order valence-electron chi connectivity index (χ4n) is 2.22. The van der Waals surface area contributed by atoms with E-state index in [2.05, 4.69) is 38.2 Å². The second-order valence-corrected chi connectivity index (χ2v) is 6.77. The van der Waals surface area contributed by atoms with Gasteiger partial charge in [0, 0.05) is 19.0 Å². The van der Waals surface area contributed by atoms with E-state index >= 15 is 0 Å². The molecule has 6 heteroatoms. The number of nitrogens with zero attached hydrogens (tertiary/aromatic N) is 1. The van der Waals surface area contributed by atoms with Crippen molar-refractivity contribution in [2.75, 3.05) is 7.05 Å². The third-order valence-corrected chi connectivity index (χ3v) is 4.98. The van der Waals surface area contributed by atoms with Crippen molar-refractivity contribution >= 4 is 53.3 Å². The molecule has 0 spiro atoms. The summed E-state index contributed by atoms with van der Waals surface area (Å²) < 4.78 is 6.52. The van der Waals surface area contributed by atoms with Gasteiger partial charge in [0.25, 0.3) is 5.91 Å². The molecule has 0 aromatic heterocycles. The normalized spacial score (nSPS) is 23.7. The second-order valence-electron chi connectivity index (χ2n) is 5.09. The first-order valence-corrected chi connectivity index (χ1v) is 7.92. The molecule has 2 heterocycles. The molecule has 1 fully saturated rings. The monoisotopic (exact) mass is 315 g/mol. The summed E-state index contributed by atoms with van der Waals surface area (Å²) in [5.74, 6) is 0.834. The van der Waals surface area contributed by atoms with Crippen LogP contribution in [0.15, 0.2) is 41.3 Å². The molecule has 1 amide bonds. The summed E-state index contributed by atoms with van der Waals surface area (Å²) in [5.41, 5.74) is 2.29. The number of rotatable bonds is 2. The minimum atomic E-state index is -0.0953. The third-order valence-electron chi connectivity index (χ3n) is 3.47. The van der Waals surface area contributed by atoms with E-state index in [0.29, 0.717) is 9.23 Å². The van der Waals surface area contributed by atoms with Crippen LogP contribution in [0.3, 0.4) is 0 Å². The molecular formula is C15H14BNO2S2. The number of thioether (sulfide) groups is 1. The minimum Gasteiger partial charge on any atom is -0.486 e. The maximum absolute atomic E-state index is 12.0. The van der Waals surface area contributed by atoms with E-state index in [4.69, 9.17) is 17.0 Å². The second kappa shape index (κ2) is 5.69. The molecule has 0 bridgehead atoms. The minimum absolute atomic E-state index is 0.0441. The van der Waals surface area contributed by atoms with E-state index in [1.807, 2.05) is 6.08 Å². The molecule has 0 saturated carbocycles. The number of likely N-dealkylation sites (N-methyl/N-ethyl adjacent to an activating group) is 1. The summed E-state index contributed by atoms with van der Waals surface area (Å²) in [6.45, 7) is 0. The van der Waals surface area contributed by atoms with Gasteiger partial charge in [-0.05, 0) is 12.2 Å². The van der Waals surface area contributed by atoms with Gasteiger partial charge >= 0.3 is 0 Å². The fourth-order valence-corrected chi connectivity index (χ4v) is 3.42. The van der Waals surface area contributed by atoms with E-state index in [9.17, 15) is 4.79 Å². The van der Waals surface area contributed by atoms with Gasteiger partial charge in [-0.15, -0.1) is 0 Å². The van der Waals surface area contributed by atoms with E-state index in [0.717, 1.165) is 17.7 Å². The molecule has 1 saturated heterocycles. The zero-order chi connectivity index (χ0) is 15.0. The summed E-state index contributed by atoms with van der Waals surface area (Å²) in [5, 5.41) is 0. The van der Waals surface area contributed by atoms with Crippen LogP contribution in [-0.4, -0.2) is 36.1 Å². The molecule has 1 aromatic rings. The van der Waals surface area contributed by atoms with Gasteiger partial charge in [0.1, 0.15) is 24.0 Å². The zero-order valence-corrected chi connectivity index (χ0v) is 13.5. The Balaban J connectivity index is 1.71. The molecule has 3 rings (SSSR count). The highest BCUT2D eigenvalue weighted by molar-refractivity contribution is 8.26. The smallest absolute Gasteiger partial charge is 0.265 e. The number of hydrogen-bond acceptors (Lipinski definition) is 4. The Hall–Kier alpha value is -1.53. The summed E-state index contributed by atoms with van der Waals surface area (Å²) >= 11 is 6.46. The highest BCUT2D eigenvalue weighted by Crippen LogP contribution is 2.33. The molecule has 1 aromatic carbocycles. The van der Waals surface area contributed by atoms with Gasteiger partial charge in [0.15, 0.2) is 0 Å². The number of carbonyl (C=O) groups excluding carboxylic acids is 1. The van der Waals surface area contributed by atoms with Crippen molar-refractivity contribution < 1.29 is 9.53 Å². The lowest BCUT2D eigenvalue weighted by Crippen LogP contribution is -2.22. The molecule has 0 aliphatic carbocycles. The lowest BCUT2D eigenvalue weighted by atomic mass is 9.95. The molecule has 0 N–H and O–H groups in total. The highest BCUT2D eigenvalue weighted by Gasteiger charge is 2.30. The zero-order valence-electron chi connectivity index (χ0n) is 11.8. The molecule has 106 valence electrons. The number of benzene rings is 1. The Morgan fingerprint density at radius 2 is 2.14 bits per heavy atom. The molecule has 0 radical (unpaired) electrons. The molecule has 1 unspecified atom stereocenters. The van der Waals surface area contributed by atoms with Gasteiger partial charge in [-0.3, -0.25) is 9.69 Å². The lowest BCUT2D eigenvalue weighted by Gasteiger charge is -2.10.